The summed E-state index contributed by atoms with van der Waals surface area (Å²) in [5, 5.41) is 6.75. The normalized spacial score (nSPS) is 24.9. The van der Waals surface area contributed by atoms with E-state index >= 15 is 0 Å². The van der Waals surface area contributed by atoms with Gasteiger partial charge in [0.05, 0.1) is 11.4 Å². The highest BCUT2D eigenvalue weighted by Gasteiger charge is 2.35. The van der Waals surface area contributed by atoms with Crippen molar-refractivity contribution >= 4 is 10.0 Å². The van der Waals surface area contributed by atoms with Crippen molar-refractivity contribution in [2.45, 2.75) is 57.4 Å². The van der Waals surface area contributed by atoms with Crippen molar-refractivity contribution in [1.82, 2.24) is 14.5 Å². The van der Waals surface area contributed by atoms with E-state index in [4.69, 9.17) is 0 Å². The number of aromatic amines is 1. The van der Waals surface area contributed by atoms with Gasteiger partial charge >= 0.3 is 0 Å². The molecule has 19 heavy (non-hydrogen) atoms. The Morgan fingerprint density at radius 3 is 2.42 bits per heavy atom. The SMILES string of the molecule is Cc1n[nH]c(C)c1S(=O)(=O)N(C)C1CCCCC1C. The van der Waals surface area contributed by atoms with Crippen molar-refractivity contribution in [3.63, 3.8) is 0 Å². The Morgan fingerprint density at radius 1 is 1.26 bits per heavy atom. The van der Waals surface area contributed by atoms with E-state index < -0.39 is 10.0 Å². The van der Waals surface area contributed by atoms with Gasteiger partial charge in [-0.2, -0.15) is 9.40 Å². The Hall–Kier alpha value is -0.880. The number of aromatic nitrogens is 2. The molecule has 2 rings (SSSR count). The smallest absolute Gasteiger partial charge is 0.246 e. The number of rotatable bonds is 3. The number of aryl methyl sites for hydroxylation is 2. The van der Waals surface area contributed by atoms with Crippen molar-refractivity contribution in [1.29, 1.82) is 0 Å². The second-order valence-electron chi connectivity index (χ2n) is 5.61. The predicted octanol–water partition coefficient (Wildman–Crippen LogP) is 2.23. The van der Waals surface area contributed by atoms with Crippen LogP contribution in [0.1, 0.15) is 44.0 Å². The van der Waals surface area contributed by atoms with E-state index in [9.17, 15) is 8.42 Å². The predicted molar refractivity (Wildman–Crippen MR) is 74.4 cm³/mol. The summed E-state index contributed by atoms with van der Waals surface area (Å²) >= 11 is 0. The molecule has 6 heteroatoms. The Kier molecular flexibility index (Phi) is 4.01. The van der Waals surface area contributed by atoms with Crippen LogP contribution >= 0.6 is 0 Å². The summed E-state index contributed by atoms with van der Waals surface area (Å²) in [5.74, 6) is 0.418. The molecule has 1 N–H and O–H groups in total. The van der Waals surface area contributed by atoms with E-state index in [-0.39, 0.29) is 6.04 Å². The molecule has 0 aliphatic heterocycles. The summed E-state index contributed by atoms with van der Waals surface area (Å²) in [6.07, 6.45) is 4.37. The maximum atomic E-state index is 12.7. The summed E-state index contributed by atoms with van der Waals surface area (Å²) in [7, 11) is -1.75. The van der Waals surface area contributed by atoms with Gasteiger partial charge in [0.25, 0.3) is 0 Å². The van der Waals surface area contributed by atoms with E-state index in [1.807, 2.05) is 0 Å². The molecular formula is C13H23N3O2S. The summed E-state index contributed by atoms with van der Waals surface area (Å²) in [6, 6.07) is 0.104. The molecule has 0 radical (unpaired) electrons. The van der Waals surface area contributed by atoms with Crippen LogP contribution in [0.25, 0.3) is 0 Å². The highest BCUT2D eigenvalue weighted by molar-refractivity contribution is 7.89. The number of H-pyrrole nitrogens is 1. The van der Waals surface area contributed by atoms with Crippen molar-refractivity contribution in [2.75, 3.05) is 7.05 Å². The van der Waals surface area contributed by atoms with Crippen LogP contribution < -0.4 is 0 Å². The van der Waals surface area contributed by atoms with Crippen LogP contribution in [0.4, 0.5) is 0 Å². The maximum absolute atomic E-state index is 12.7. The molecular weight excluding hydrogens is 262 g/mol. The molecule has 1 heterocycles. The number of nitrogens with zero attached hydrogens (tertiary/aromatic N) is 2. The largest absolute Gasteiger partial charge is 0.281 e. The van der Waals surface area contributed by atoms with Gasteiger partial charge in [-0.25, -0.2) is 8.42 Å². The number of sulfonamides is 1. The van der Waals surface area contributed by atoms with Gasteiger partial charge in [-0.15, -0.1) is 0 Å². The van der Waals surface area contributed by atoms with Crippen LogP contribution in [-0.2, 0) is 10.0 Å². The highest BCUT2D eigenvalue weighted by Crippen LogP contribution is 2.31. The zero-order chi connectivity index (χ0) is 14.2. The van der Waals surface area contributed by atoms with Crippen LogP contribution in [0.5, 0.6) is 0 Å². The van der Waals surface area contributed by atoms with Gasteiger partial charge in [-0.1, -0.05) is 19.8 Å². The van der Waals surface area contributed by atoms with Gasteiger partial charge in [0.15, 0.2) is 0 Å². The third-order valence-electron chi connectivity index (χ3n) is 4.23. The minimum absolute atomic E-state index is 0.104. The molecule has 0 spiro atoms. The average Bonchev–Trinajstić information content (AvgIpc) is 2.69. The molecule has 1 aliphatic carbocycles. The second kappa shape index (κ2) is 5.25. The minimum atomic E-state index is -3.45. The summed E-state index contributed by atoms with van der Waals surface area (Å²) < 4.78 is 27.0. The van der Waals surface area contributed by atoms with Crippen molar-refractivity contribution in [2.24, 2.45) is 5.92 Å². The summed E-state index contributed by atoms with van der Waals surface area (Å²) in [4.78, 5) is 0.341. The van der Waals surface area contributed by atoms with Gasteiger partial charge in [-0.05, 0) is 32.6 Å². The molecule has 0 amide bonds. The van der Waals surface area contributed by atoms with E-state index in [1.54, 1.807) is 25.2 Å². The fourth-order valence-electron chi connectivity index (χ4n) is 3.08. The Bertz CT molecular complexity index is 531. The lowest BCUT2D eigenvalue weighted by molar-refractivity contribution is 0.213. The van der Waals surface area contributed by atoms with Crippen LogP contribution in [0, 0.1) is 19.8 Å². The second-order valence-corrected chi connectivity index (χ2v) is 7.55. The van der Waals surface area contributed by atoms with Gasteiger partial charge in [-0.3, -0.25) is 5.10 Å². The van der Waals surface area contributed by atoms with Crippen molar-refractivity contribution < 1.29 is 8.42 Å². The molecule has 5 nitrogen and oxygen atoms in total. The fourth-order valence-corrected chi connectivity index (χ4v) is 4.89. The molecule has 2 unspecified atom stereocenters. The van der Waals surface area contributed by atoms with E-state index in [0.29, 0.717) is 22.2 Å². The van der Waals surface area contributed by atoms with Gasteiger partial charge < -0.3 is 0 Å². The monoisotopic (exact) mass is 285 g/mol. The van der Waals surface area contributed by atoms with Crippen LogP contribution in [-0.4, -0.2) is 36.0 Å². The molecule has 1 aromatic rings. The molecule has 0 bridgehead atoms. The topological polar surface area (TPSA) is 66.1 Å². The number of hydrogen-bond acceptors (Lipinski definition) is 3. The zero-order valence-corrected chi connectivity index (χ0v) is 12.9. The Labute approximate surface area is 115 Å². The van der Waals surface area contributed by atoms with E-state index in [1.165, 1.54) is 6.42 Å². The quantitative estimate of drug-likeness (QED) is 0.926. The Morgan fingerprint density at radius 2 is 1.89 bits per heavy atom. The molecule has 1 aliphatic rings. The first kappa shape index (κ1) is 14.5. The average molecular weight is 285 g/mol. The standard InChI is InChI=1S/C13H23N3O2S/c1-9-7-5-6-8-12(9)16(4)19(17,18)13-10(2)14-15-11(13)3/h9,12H,5-8H2,1-4H3,(H,14,15). The van der Waals surface area contributed by atoms with Gasteiger partial charge in [0.2, 0.25) is 10.0 Å². The lowest BCUT2D eigenvalue weighted by Gasteiger charge is -2.35. The number of nitrogens with one attached hydrogen (secondary N) is 1. The van der Waals surface area contributed by atoms with E-state index in [2.05, 4.69) is 17.1 Å². The first-order valence-electron chi connectivity index (χ1n) is 6.85. The van der Waals surface area contributed by atoms with Crippen LogP contribution in [0.2, 0.25) is 0 Å². The van der Waals surface area contributed by atoms with Crippen LogP contribution in [0.15, 0.2) is 4.90 Å². The lowest BCUT2D eigenvalue weighted by Crippen LogP contribution is -2.42. The van der Waals surface area contributed by atoms with Gasteiger partial charge in [0, 0.05) is 13.1 Å². The zero-order valence-electron chi connectivity index (χ0n) is 12.1. The minimum Gasteiger partial charge on any atom is -0.281 e. The first-order chi connectivity index (χ1) is 8.85. The third-order valence-corrected chi connectivity index (χ3v) is 6.38. The molecule has 1 aromatic heterocycles. The lowest BCUT2D eigenvalue weighted by atomic mass is 9.86. The molecule has 2 atom stereocenters. The third kappa shape index (κ3) is 2.56. The molecule has 108 valence electrons. The molecule has 1 saturated carbocycles. The van der Waals surface area contributed by atoms with Crippen LogP contribution in [0.3, 0.4) is 0 Å². The maximum Gasteiger partial charge on any atom is 0.246 e. The Balaban J connectivity index is 2.34. The fraction of sp³-hybridized carbons (Fsp3) is 0.769. The summed E-state index contributed by atoms with van der Waals surface area (Å²) in [6.45, 7) is 5.63. The van der Waals surface area contributed by atoms with Crippen molar-refractivity contribution in [3.8, 4) is 0 Å². The molecule has 1 fully saturated rings. The van der Waals surface area contributed by atoms with E-state index in [0.717, 1.165) is 19.3 Å². The van der Waals surface area contributed by atoms with Gasteiger partial charge in [0.1, 0.15) is 4.90 Å². The molecule has 0 aromatic carbocycles. The first-order valence-corrected chi connectivity index (χ1v) is 8.29. The number of hydrogen-bond donors (Lipinski definition) is 1. The highest BCUT2D eigenvalue weighted by atomic mass is 32.2. The van der Waals surface area contributed by atoms with Crippen molar-refractivity contribution in [3.05, 3.63) is 11.4 Å². The molecule has 0 saturated heterocycles. The summed E-state index contributed by atoms with van der Waals surface area (Å²) in [5.41, 5.74) is 1.17.